The van der Waals surface area contributed by atoms with Crippen molar-refractivity contribution in [2.45, 2.75) is 57.6 Å². The highest BCUT2D eigenvalue weighted by molar-refractivity contribution is 7.92. The van der Waals surface area contributed by atoms with Crippen LogP contribution in [0.3, 0.4) is 0 Å². The number of sulfonamides is 1. The quantitative estimate of drug-likeness (QED) is 0.295. The van der Waals surface area contributed by atoms with E-state index in [0.29, 0.717) is 23.1 Å². The topological polar surface area (TPSA) is 96.0 Å². The predicted octanol–water partition coefficient (Wildman–Crippen LogP) is 5.27. The molecular formula is C30H36ClN3O5S. The molecule has 10 heteroatoms. The molecule has 214 valence electrons. The molecule has 2 amide bonds. The van der Waals surface area contributed by atoms with Gasteiger partial charge in [0.1, 0.15) is 18.3 Å². The number of benzene rings is 3. The number of nitrogens with zero attached hydrogens (tertiary/aromatic N) is 2. The second-order valence-electron chi connectivity index (χ2n) is 9.39. The SMILES string of the molecule is CCOc1ccc(N(CC(=O)N(Cc2ccc(Cl)cc2)[C@H](C)C(=O)N[C@H](C)CC)S(=O)(=O)c2ccccc2)cc1. The Hall–Kier alpha value is -3.56. The van der Waals surface area contributed by atoms with Gasteiger partial charge < -0.3 is 15.0 Å². The average molecular weight is 586 g/mol. The van der Waals surface area contributed by atoms with Crippen LogP contribution in [-0.4, -0.2) is 50.4 Å². The van der Waals surface area contributed by atoms with Crippen LogP contribution in [0.15, 0.2) is 83.8 Å². The van der Waals surface area contributed by atoms with Gasteiger partial charge in [0.2, 0.25) is 11.8 Å². The maximum absolute atomic E-state index is 13.9. The van der Waals surface area contributed by atoms with Crippen molar-refractivity contribution < 1.29 is 22.7 Å². The molecule has 0 saturated carbocycles. The summed E-state index contributed by atoms with van der Waals surface area (Å²) >= 11 is 6.05. The van der Waals surface area contributed by atoms with Gasteiger partial charge in [-0.2, -0.15) is 0 Å². The lowest BCUT2D eigenvalue weighted by atomic mass is 10.1. The first-order chi connectivity index (χ1) is 19.1. The molecule has 2 atom stereocenters. The van der Waals surface area contributed by atoms with Crippen LogP contribution >= 0.6 is 11.6 Å². The highest BCUT2D eigenvalue weighted by Crippen LogP contribution is 2.26. The Balaban J connectivity index is 2.01. The van der Waals surface area contributed by atoms with Crippen molar-refractivity contribution in [2.24, 2.45) is 0 Å². The van der Waals surface area contributed by atoms with Gasteiger partial charge in [-0.25, -0.2) is 8.42 Å². The summed E-state index contributed by atoms with van der Waals surface area (Å²) in [7, 11) is -4.13. The summed E-state index contributed by atoms with van der Waals surface area (Å²) in [4.78, 5) is 28.5. The molecule has 0 aliphatic rings. The van der Waals surface area contributed by atoms with E-state index < -0.39 is 28.5 Å². The molecule has 0 aliphatic carbocycles. The van der Waals surface area contributed by atoms with Crippen LogP contribution in [0.2, 0.25) is 5.02 Å². The van der Waals surface area contributed by atoms with Crippen molar-refractivity contribution in [3.8, 4) is 5.75 Å². The Kier molecular flexibility index (Phi) is 11.0. The second kappa shape index (κ2) is 14.2. The van der Waals surface area contributed by atoms with Gasteiger partial charge in [0.05, 0.1) is 17.2 Å². The second-order valence-corrected chi connectivity index (χ2v) is 11.7. The Morgan fingerprint density at radius 1 is 0.925 bits per heavy atom. The van der Waals surface area contributed by atoms with Crippen molar-refractivity contribution in [3.63, 3.8) is 0 Å². The summed E-state index contributed by atoms with van der Waals surface area (Å²) < 4.78 is 34.2. The monoisotopic (exact) mass is 585 g/mol. The maximum Gasteiger partial charge on any atom is 0.264 e. The molecule has 0 aliphatic heterocycles. The number of hydrogen-bond acceptors (Lipinski definition) is 5. The smallest absolute Gasteiger partial charge is 0.264 e. The molecule has 3 aromatic carbocycles. The van der Waals surface area contributed by atoms with Crippen LogP contribution in [-0.2, 0) is 26.2 Å². The molecule has 40 heavy (non-hydrogen) atoms. The zero-order chi connectivity index (χ0) is 29.3. The minimum Gasteiger partial charge on any atom is -0.494 e. The largest absolute Gasteiger partial charge is 0.494 e. The molecule has 0 unspecified atom stereocenters. The van der Waals surface area contributed by atoms with E-state index in [4.69, 9.17) is 16.3 Å². The minimum absolute atomic E-state index is 0.0449. The van der Waals surface area contributed by atoms with E-state index in [9.17, 15) is 18.0 Å². The zero-order valence-electron chi connectivity index (χ0n) is 23.2. The van der Waals surface area contributed by atoms with Crippen LogP contribution in [0.25, 0.3) is 0 Å². The van der Waals surface area contributed by atoms with E-state index in [-0.39, 0.29) is 23.4 Å². The van der Waals surface area contributed by atoms with Gasteiger partial charge in [-0.3, -0.25) is 13.9 Å². The van der Waals surface area contributed by atoms with Gasteiger partial charge in [-0.15, -0.1) is 0 Å². The van der Waals surface area contributed by atoms with Gasteiger partial charge in [-0.05, 0) is 81.3 Å². The fourth-order valence-electron chi connectivity index (χ4n) is 3.96. The van der Waals surface area contributed by atoms with Crippen LogP contribution in [0.1, 0.15) is 39.7 Å². The molecule has 0 spiro atoms. The first-order valence-electron chi connectivity index (χ1n) is 13.2. The van der Waals surface area contributed by atoms with E-state index in [1.807, 2.05) is 20.8 Å². The highest BCUT2D eigenvalue weighted by Gasteiger charge is 2.32. The molecule has 0 radical (unpaired) electrons. The lowest BCUT2D eigenvalue weighted by molar-refractivity contribution is -0.139. The number of hydrogen-bond donors (Lipinski definition) is 1. The molecule has 0 bridgehead atoms. The molecule has 0 fully saturated rings. The Morgan fingerprint density at radius 2 is 1.55 bits per heavy atom. The number of anilines is 1. The number of ether oxygens (including phenoxy) is 1. The summed E-state index contributed by atoms with van der Waals surface area (Å²) in [6.07, 6.45) is 0.727. The van der Waals surface area contributed by atoms with Crippen LogP contribution in [0.5, 0.6) is 5.75 Å². The third-order valence-corrected chi connectivity index (χ3v) is 8.52. The summed E-state index contributed by atoms with van der Waals surface area (Å²) in [6.45, 7) is 7.37. The number of carbonyl (C=O) groups excluding carboxylic acids is 2. The van der Waals surface area contributed by atoms with Crippen LogP contribution in [0, 0.1) is 0 Å². The number of nitrogens with one attached hydrogen (secondary N) is 1. The fourth-order valence-corrected chi connectivity index (χ4v) is 5.52. The lowest BCUT2D eigenvalue weighted by Crippen LogP contribution is -2.52. The first kappa shape index (κ1) is 31.0. The highest BCUT2D eigenvalue weighted by atomic mass is 35.5. The molecule has 8 nitrogen and oxygen atoms in total. The Bertz CT molecular complexity index is 1370. The minimum atomic E-state index is -4.13. The normalized spacial score (nSPS) is 12.7. The van der Waals surface area contributed by atoms with Gasteiger partial charge >= 0.3 is 0 Å². The van der Waals surface area contributed by atoms with Gasteiger partial charge in [0.25, 0.3) is 10.0 Å². The van der Waals surface area contributed by atoms with Crippen molar-refractivity contribution in [2.75, 3.05) is 17.5 Å². The molecule has 3 rings (SSSR count). The predicted molar refractivity (Wildman–Crippen MR) is 158 cm³/mol. The maximum atomic E-state index is 13.9. The van der Waals surface area contributed by atoms with E-state index >= 15 is 0 Å². The molecule has 0 heterocycles. The molecule has 0 aromatic heterocycles. The third kappa shape index (κ3) is 7.99. The Labute approximate surface area is 241 Å². The van der Waals surface area contributed by atoms with Gasteiger partial charge in [0.15, 0.2) is 0 Å². The fraction of sp³-hybridized carbons (Fsp3) is 0.333. The number of carbonyl (C=O) groups is 2. The summed E-state index contributed by atoms with van der Waals surface area (Å²) in [5, 5.41) is 3.46. The number of halogens is 1. The third-order valence-electron chi connectivity index (χ3n) is 6.48. The standard InChI is InChI=1S/C30H36ClN3O5S/c1-5-22(3)32-30(36)23(4)33(20-24-12-14-25(31)15-13-24)29(35)21-34(26-16-18-27(19-17-26)39-6-2)40(37,38)28-10-8-7-9-11-28/h7-19,22-23H,5-6,20-21H2,1-4H3,(H,32,36)/t22-,23-/m1/s1. The summed E-state index contributed by atoms with van der Waals surface area (Å²) in [5.41, 5.74) is 1.04. The van der Waals surface area contributed by atoms with Crippen LogP contribution in [0.4, 0.5) is 5.69 Å². The van der Waals surface area contributed by atoms with Crippen LogP contribution < -0.4 is 14.4 Å². The van der Waals surface area contributed by atoms with E-state index in [1.54, 1.807) is 73.7 Å². The zero-order valence-corrected chi connectivity index (χ0v) is 24.8. The Morgan fingerprint density at radius 3 is 2.12 bits per heavy atom. The first-order valence-corrected chi connectivity index (χ1v) is 15.0. The van der Waals surface area contributed by atoms with Crippen molar-refractivity contribution in [3.05, 3.63) is 89.4 Å². The lowest BCUT2D eigenvalue weighted by Gasteiger charge is -2.32. The van der Waals surface area contributed by atoms with E-state index in [2.05, 4.69) is 5.32 Å². The summed E-state index contributed by atoms with van der Waals surface area (Å²) in [5.74, 6) is -0.278. The molecule has 0 saturated heterocycles. The average Bonchev–Trinajstić information content (AvgIpc) is 2.96. The van der Waals surface area contributed by atoms with Crippen molar-refractivity contribution in [1.82, 2.24) is 10.2 Å². The van der Waals surface area contributed by atoms with Crippen molar-refractivity contribution in [1.29, 1.82) is 0 Å². The molecule has 3 aromatic rings. The van der Waals surface area contributed by atoms with E-state index in [0.717, 1.165) is 16.3 Å². The van der Waals surface area contributed by atoms with E-state index in [1.165, 1.54) is 17.0 Å². The number of amides is 2. The summed E-state index contributed by atoms with van der Waals surface area (Å²) in [6, 6.07) is 20.4. The van der Waals surface area contributed by atoms with Gasteiger partial charge in [-0.1, -0.05) is 48.9 Å². The van der Waals surface area contributed by atoms with Gasteiger partial charge in [0, 0.05) is 17.6 Å². The van der Waals surface area contributed by atoms with Crippen molar-refractivity contribution >= 4 is 39.1 Å². The number of rotatable bonds is 13. The molecule has 1 N–H and O–H groups in total. The molecular weight excluding hydrogens is 550 g/mol.